The summed E-state index contributed by atoms with van der Waals surface area (Å²) in [4.78, 5) is 15.6. The molecule has 2 aliphatic carbocycles. The summed E-state index contributed by atoms with van der Waals surface area (Å²) in [6.45, 7) is 0. The molecule has 2 heterocycles. The maximum Gasteiger partial charge on any atom is 0.166 e. The molecule has 13 rings (SSSR count). The van der Waals surface area contributed by atoms with Crippen molar-refractivity contribution in [1.82, 2.24) is 19.5 Å². The number of benzene rings is 9. The molecule has 1 spiro atoms. The topological polar surface area (TPSA) is 43.6 Å². The van der Waals surface area contributed by atoms with Crippen molar-refractivity contribution in [2.24, 2.45) is 0 Å². The van der Waals surface area contributed by atoms with Crippen molar-refractivity contribution in [1.29, 1.82) is 0 Å². The molecule has 62 heavy (non-hydrogen) atoms. The Morgan fingerprint density at radius 2 is 0.774 bits per heavy atom. The second kappa shape index (κ2) is 13.4. The molecule has 288 valence electrons. The molecule has 11 aromatic rings. The van der Waals surface area contributed by atoms with Crippen LogP contribution in [0.25, 0.3) is 95.0 Å². The van der Waals surface area contributed by atoms with Crippen LogP contribution in [0.2, 0.25) is 0 Å². The van der Waals surface area contributed by atoms with Crippen LogP contribution in [-0.4, -0.2) is 19.5 Å². The molecular formula is C58H36N4. The Morgan fingerprint density at radius 3 is 1.45 bits per heavy atom. The second-order valence-corrected chi connectivity index (χ2v) is 16.3. The third-order valence-corrected chi connectivity index (χ3v) is 13.1. The molecule has 0 saturated heterocycles. The first-order chi connectivity index (χ1) is 30.8. The van der Waals surface area contributed by atoms with Crippen molar-refractivity contribution in [3.8, 4) is 73.2 Å². The lowest BCUT2D eigenvalue weighted by Gasteiger charge is -2.30. The molecule has 0 fully saturated rings. The highest BCUT2D eigenvalue weighted by molar-refractivity contribution is 6.13. The van der Waals surface area contributed by atoms with E-state index < -0.39 is 0 Å². The van der Waals surface area contributed by atoms with Gasteiger partial charge in [-0.05, 0) is 86.0 Å². The molecular weight excluding hydrogens is 753 g/mol. The zero-order chi connectivity index (χ0) is 40.8. The molecule has 0 saturated carbocycles. The van der Waals surface area contributed by atoms with Gasteiger partial charge in [0.1, 0.15) is 0 Å². The van der Waals surface area contributed by atoms with Gasteiger partial charge in [-0.15, -0.1) is 0 Å². The van der Waals surface area contributed by atoms with Crippen LogP contribution in [0.5, 0.6) is 0 Å². The Kier molecular flexibility index (Phi) is 7.49. The zero-order valence-electron chi connectivity index (χ0n) is 33.6. The molecule has 0 amide bonds. The lowest BCUT2D eigenvalue weighted by molar-refractivity contribution is 0.794. The van der Waals surface area contributed by atoms with Gasteiger partial charge in [-0.2, -0.15) is 0 Å². The second-order valence-electron chi connectivity index (χ2n) is 16.3. The largest absolute Gasteiger partial charge is 0.309 e. The van der Waals surface area contributed by atoms with Gasteiger partial charge in [0.05, 0.1) is 16.4 Å². The summed E-state index contributed by atoms with van der Waals surface area (Å²) in [7, 11) is 0. The smallest absolute Gasteiger partial charge is 0.166 e. The van der Waals surface area contributed by atoms with Gasteiger partial charge in [-0.3, -0.25) is 0 Å². The fraction of sp³-hybridized carbons (Fsp3) is 0.0172. The van der Waals surface area contributed by atoms with Crippen LogP contribution in [0.3, 0.4) is 0 Å². The number of fused-ring (bicyclic) bond motifs is 13. The number of aromatic nitrogens is 4. The Hall–Kier alpha value is -8.21. The van der Waals surface area contributed by atoms with Crippen LogP contribution in [0.1, 0.15) is 22.3 Å². The van der Waals surface area contributed by atoms with Gasteiger partial charge in [-0.1, -0.05) is 188 Å². The monoisotopic (exact) mass is 788 g/mol. The van der Waals surface area contributed by atoms with Crippen LogP contribution < -0.4 is 0 Å². The van der Waals surface area contributed by atoms with E-state index in [0.29, 0.717) is 17.5 Å². The molecule has 0 aliphatic heterocycles. The van der Waals surface area contributed by atoms with Crippen LogP contribution >= 0.6 is 0 Å². The predicted molar refractivity (Wildman–Crippen MR) is 252 cm³/mol. The van der Waals surface area contributed by atoms with Gasteiger partial charge in [0.25, 0.3) is 0 Å². The molecule has 0 unspecified atom stereocenters. The van der Waals surface area contributed by atoms with Crippen molar-refractivity contribution in [2.45, 2.75) is 5.41 Å². The Labute approximate surface area is 359 Å². The van der Waals surface area contributed by atoms with Gasteiger partial charge >= 0.3 is 0 Å². The van der Waals surface area contributed by atoms with Gasteiger partial charge in [0, 0.05) is 33.2 Å². The van der Waals surface area contributed by atoms with E-state index in [2.05, 4.69) is 205 Å². The van der Waals surface area contributed by atoms with Crippen LogP contribution in [-0.2, 0) is 5.41 Å². The van der Waals surface area contributed by atoms with E-state index >= 15 is 0 Å². The minimum atomic E-state index is -0.353. The molecule has 4 heteroatoms. The SMILES string of the molecule is c1ccc(-c2nc(-c3ccc(-c4ccc5c(c4)-c4ccccc4C54c5ccccc5-c5ccccc54)cc3)nc(-c3cccc4c5ccccc5n(-c5ccccc5)c34)n2)cc1. The van der Waals surface area contributed by atoms with Gasteiger partial charge < -0.3 is 4.57 Å². The molecule has 4 nitrogen and oxygen atoms in total. The highest BCUT2D eigenvalue weighted by Gasteiger charge is 2.51. The molecule has 2 aromatic heterocycles. The summed E-state index contributed by atoms with van der Waals surface area (Å²) in [5.41, 5.74) is 18.7. The lowest BCUT2D eigenvalue weighted by atomic mass is 9.70. The van der Waals surface area contributed by atoms with Crippen LogP contribution in [0.15, 0.2) is 218 Å². The first-order valence-electron chi connectivity index (χ1n) is 21.2. The summed E-state index contributed by atoms with van der Waals surface area (Å²) in [5.74, 6) is 1.89. The summed E-state index contributed by atoms with van der Waals surface area (Å²) in [6.07, 6.45) is 0. The average molecular weight is 789 g/mol. The maximum absolute atomic E-state index is 5.27. The highest BCUT2D eigenvalue weighted by Crippen LogP contribution is 2.63. The first-order valence-corrected chi connectivity index (χ1v) is 21.2. The molecule has 9 aromatic carbocycles. The number of para-hydroxylation sites is 3. The van der Waals surface area contributed by atoms with E-state index in [4.69, 9.17) is 15.0 Å². The van der Waals surface area contributed by atoms with Crippen molar-refractivity contribution >= 4 is 21.8 Å². The fourth-order valence-corrected chi connectivity index (χ4v) is 10.5. The Bertz CT molecular complexity index is 3520. The third-order valence-electron chi connectivity index (χ3n) is 13.1. The average Bonchev–Trinajstić information content (AvgIpc) is 3.96. The minimum Gasteiger partial charge on any atom is -0.309 e. The normalized spacial score (nSPS) is 13.0. The Morgan fingerprint density at radius 1 is 0.306 bits per heavy atom. The van der Waals surface area contributed by atoms with Crippen molar-refractivity contribution in [2.75, 3.05) is 0 Å². The quantitative estimate of drug-likeness (QED) is 0.174. The number of nitrogens with zero attached hydrogens (tertiary/aromatic N) is 4. The van der Waals surface area contributed by atoms with E-state index in [0.717, 1.165) is 44.4 Å². The van der Waals surface area contributed by atoms with E-state index in [1.54, 1.807) is 0 Å². The van der Waals surface area contributed by atoms with Crippen molar-refractivity contribution in [3.05, 3.63) is 241 Å². The molecule has 2 aliphatic rings. The standard InChI is InChI=1S/C58H36N4/c1-3-16-38(17-4-1)55-59-56(61-57(60-55)47-25-15-24-46-45-23-10-14-29-53(45)62(54(46)47)41-18-5-2-6-19-41)39-32-30-37(31-33-39)40-34-35-52-48(36-40)44-22-9-13-28-51(44)58(52)49-26-11-7-20-42(49)43-21-8-12-27-50(43)58/h1-36H. The third kappa shape index (κ3) is 4.92. The molecule has 0 N–H and O–H groups in total. The molecule has 0 radical (unpaired) electrons. The number of hydrogen-bond acceptors (Lipinski definition) is 3. The van der Waals surface area contributed by atoms with E-state index in [9.17, 15) is 0 Å². The molecule has 0 atom stereocenters. The summed E-state index contributed by atoms with van der Waals surface area (Å²) in [5, 5.41) is 2.34. The zero-order valence-corrected chi connectivity index (χ0v) is 33.6. The van der Waals surface area contributed by atoms with Gasteiger partial charge in [0.15, 0.2) is 17.5 Å². The van der Waals surface area contributed by atoms with E-state index in [-0.39, 0.29) is 5.41 Å². The summed E-state index contributed by atoms with van der Waals surface area (Å²) >= 11 is 0. The fourth-order valence-electron chi connectivity index (χ4n) is 10.5. The first kappa shape index (κ1) is 34.6. The lowest BCUT2D eigenvalue weighted by Crippen LogP contribution is -2.25. The molecule has 0 bridgehead atoms. The van der Waals surface area contributed by atoms with E-state index in [1.165, 1.54) is 55.5 Å². The number of hydrogen-bond donors (Lipinski definition) is 0. The van der Waals surface area contributed by atoms with Gasteiger partial charge in [-0.25, -0.2) is 15.0 Å². The van der Waals surface area contributed by atoms with Crippen LogP contribution in [0, 0.1) is 0 Å². The van der Waals surface area contributed by atoms with E-state index in [1.807, 2.05) is 18.2 Å². The Balaban J connectivity index is 0.948. The summed E-state index contributed by atoms with van der Waals surface area (Å²) < 4.78 is 2.33. The maximum atomic E-state index is 5.27. The predicted octanol–water partition coefficient (Wildman–Crippen LogP) is 14.0. The number of rotatable bonds is 5. The highest BCUT2D eigenvalue weighted by atomic mass is 15.0. The van der Waals surface area contributed by atoms with Crippen molar-refractivity contribution in [3.63, 3.8) is 0 Å². The summed E-state index contributed by atoms with van der Waals surface area (Å²) in [6, 6.07) is 78.4. The van der Waals surface area contributed by atoms with Crippen molar-refractivity contribution < 1.29 is 0 Å². The minimum absolute atomic E-state index is 0.353. The van der Waals surface area contributed by atoms with Gasteiger partial charge in [0.2, 0.25) is 0 Å². The van der Waals surface area contributed by atoms with Crippen LogP contribution in [0.4, 0.5) is 0 Å².